The predicted molar refractivity (Wildman–Crippen MR) is 89.0 cm³/mol. The molecule has 0 radical (unpaired) electrons. The van der Waals surface area contributed by atoms with Gasteiger partial charge in [0.15, 0.2) is 0 Å². The molecule has 132 valence electrons. The average molecular weight is 335 g/mol. The lowest BCUT2D eigenvalue weighted by atomic mass is 9.85. The summed E-state index contributed by atoms with van der Waals surface area (Å²) in [5.74, 6) is -0.487. The lowest BCUT2D eigenvalue weighted by Crippen LogP contribution is -2.54. The number of carbonyl (C=O) groups excluding carboxylic acids is 1. The molecular formula is C18H25NO5. The summed E-state index contributed by atoms with van der Waals surface area (Å²) in [6.45, 7) is 2.80. The Labute approximate surface area is 142 Å². The summed E-state index contributed by atoms with van der Waals surface area (Å²) in [4.78, 5) is 23.7. The van der Waals surface area contributed by atoms with Crippen LogP contribution >= 0.6 is 0 Å². The van der Waals surface area contributed by atoms with E-state index in [9.17, 15) is 9.59 Å². The van der Waals surface area contributed by atoms with Crippen LogP contribution in [0.2, 0.25) is 0 Å². The highest BCUT2D eigenvalue weighted by molar-refractivity contribution is 5.80. The lowest BCUT2D eigenvalue weighted by Gasteiger charge is -2.37. The summed E-state index contributed by atoms with van der Waals surface area (Å²) < 4.78 is 10.4. The number of aliphatic carboxylic acids is 1. The van der Waals surface area contributed by atoms with Gasteiger partial charge in [-0.15, -0.1) is 0 Å². The van der Waals surface area contributed by atoms with Gasteiger partial charge in [0, 0.05) is 19.1 Å². The molecule has 1 saturated heterocycles. The molecule has 1 atom stereocenters. The van der Waals surface area contributed by atoms with E-state index in [0.717, 1.165) is 11.3 Å². The fraction of sp³-hybridized carbons (Fsp3) is 0.556. The first-order valence-electron chi connectivity index (χ1n) is 8.18. The van der Waals surface area contributed by atoms with Crippen molar-refractivity contribution in [2.24, 2.45) is 5.92 Å². The largest absolute Gasteiger partial charge is 0.497 e. The molecule has 6 nitrogen and oxygen atoms in total. The smallest absolute Gasteiger partial charge is 0.305 e. The van der Waals surface area contributed by atoms with Crippen LogP contribution in [-0.2, 0) is 20.7 Å². The molecule has 1 aliphatic heterocycles. The van der Waals surface area contributed by atoms with Crippen molar-refractivity contribution in [3.05, 3.63) is 29.8 Å². The first-order chi connectivity index (χ1) is 11.4. The molecule has 2 N–H and O–H groups in total. The zero-order valence-electron chi connectivity index (χ0n) is 14.2. The Balaban J connectivity index is 1.98. The van der Waals surface area contributed by atoms with E-state index in [4.69, 9.17) is 14.6 Å². The molecule has 24 heavy (non-hydrogen) atoms. The number of amides is 1. The number of nitrogens with one attached hydrogen (secondary N) is 1. The lowest BCUT2D eigenvalue weighted by molar-refractivity contribution is -0.141. The molecule has 0 bridgehead atoms. The van der Waals surface area contributed by atoms with Crippen LogP contribution in [0, 0.1) is 5.92 Å². The molecule has 1 aliphatic rings. The molecule has 1 heterocycles. The minimum atomic E-state index is -0.903. The van der Waals surface area contributed by atoms with Gasteiger partial charge in [-0.1, -0.05) is 19.1 Å². The first kappa shape index (κ1) is 18.3. The molecule has 0 aliphatic carbocycles. The van der Waals surface area contributed by atoms with Crippen molar-refractivity contribution in [1.29, 1.82) is 0 Å². The Morgan fingerprint density at radius 1 is 1.29 bits per heavy atom. The highest BCUT2D eigenvalue weighted by Crippen LogP contribution is 2.25. The molecule has 1 amide bonds. The zero-order chi connectivity index (χ0) is 17.6. The Bertz CT molecular complexity index is 563. The quantitative estimate of drug-likeness (QED) is 0.796. The number of benzene rings is 1. The van der Waals surface area contributed by atoms with Gasteiger partial charge in [0.25, 0.3) is 0 Å². The fourth-order valence-electron chi connectivity index (χ4n) is 2.99. The van der Waals surface area contributed by atoms with E-state index in [-0.39, 0.29) is 18.2 Å². The second kappa shape index (κ2) is 8.15. The van der Waals surface area contributed by atoms with E-state index in [1.165, 1.54) is 0 Å². The molecular weight excluding hydrogens is 310 g/mol. The fourth-order valence-corrected chi connectivity index (χ4v) is 2.99. The van der Waals surface area contributed by atoms with Gasteiger partial charge in [-0.3, -0.25) is 9.59 Å². The van der Waals surface area contributed by atoms with E-state index >= 15 is 0 Å². The van der Waals surface area contributed by atoms with Crippen molar-refractivity contribution in [3.63, 3.8) is 0 Å². The molecule has 1 aromatic carbocycles. The number of carbonyl (C=O) groups is 2. The molecule has 1 fully saturated rings. The van der Waals surface area contributed by atoms with E-state index < -0.39 is 11.5 Å². The third kappa shape index (κ3) is 4.96. The normalized spacial score (nSPS) is 17.8. The van der Waals surface area contributed by atoms with E-state index in [1.807, 2.05) is 31.2 Å². The van der Waals surface area contributed by atoms with Crippen molar-refractivity contribution in [3.8, 4) is 5.75 Å². The Kier molecular flexibility index (Phi) is 6.20. The monoisotopic (exact) mass is 335 g/mol. The summed E-state index contributed by atoms with van der Waals surface area (Å²) in [5, 5.41) is 12.1. The summed E-state index contributed by atoms with van der Waals surface area (Å²) in [5.41, 5.74) is 0.340. The Morgan fingerprint density at radius 3 is 2.46 bits per heavy atom. The maximum absolute atomic E-state index is 12.6. The first-order valence-corrected chi connectivity index (χ1v) is 8.18. The number of rotatable bonds is 7. The number of methoxy groups -OCH3 is 1. The number of carboxylic acid groups (broad SMARTS) is 1. The summed E-state index contributed by atoms with van der Waals surface area (Å²) in [6.07, 6.45) is 1.58. The van der Waals surface area contributed by atoms with Crippen LogP contribution in [0.25, 0.3) is 0 Å². The second-order valence-electron chi connectivity index (χ2n) is 6.41. The van der Waals surface area contributed by atoms with Crippen molar-refractivity contribution >= 4 is 11.9 Å². The third-order valence-corrected chi connectivity index (χ3v) is 4.48. The van der Waals surface area contributed by atoms with Gasteiger partial charge in [-0.05, 0) is 37.0 Å². The SMILES string of the molecule is COc1ccc(CC(C)C(=O)NC2(CC(=O)O)CCOCC2)cc1. The van der Waals surface area contributed by atoms with Gasteiger partial charge < -0.3 is 19.9 Å². The van der Waals surface area contributed by atoms with Crippen LogP contribution < -0.4 is 10.1 Å². The molecule has 2 rings (SSSR count). The third-order valence-electron chi connectivity index (χ3n) is 4.48. The molecule has 1 aromatic rings. The maximum atomic E-state index is 12.6. The summed E-state index contributed by atoms with van der Waals surface area (Å²) >= 11 is 0. The highest BCUT2D eigenvalue weighted by atomic mass is 16.5. The van der Waals surface area contributed by atoms with Crippen molar-refractivity contribution in [1.82, 2.24) is 5.32 Å². The number of carboxylic acids is 1. The van der Waals surface area contributed by atoms with Gasteiger partial charge in [-0.25, -0.2) is 0 Å². The molecule has 0 saturated carbocycles. The number of hydrogen-bond acceptors (Lipinski definition) is 4. The summed E-state index contributed by atoms with van der Waals surface area (Å²) in [7, 11) is 1.61. The Hall–Kier alpha value is -2.08. The molecule has 1 unspecified atom stereocenters. The predicted octanol–water partition coefficient (Wildman–Crippen LogP) is 2.01. The molecule has 6 heteroatoms. The minimum absolute atomic E-state index is 0.0721. The Morgan fingerprint density at radius 2 is 1.92 bits per heavy atom. The van der Waals surface area contributed by atoms with Crippen molar-refractivity contribution in [2.75, 3.05) is 20.3 Å². The summed E-state index contributed by atoms with van der Waals surface area (Å²) in [6, 6.07) is 7.60. The molecule has 0 aromatic heterocycles. The van der Waals surface area contributed by atoms with Gasteiger partial charge >= 0.3 is 5.97 Å². The van der Waals surface area contributed by atoms with Gasteiger partial charge in [0.2, 0.25) is 5.91 Å². The van der Waals surface area contributed by atoms with E-state index in [1.54, 1.807) is 7.11 Å². The van der Waals surface area contributed by atoms with Crippen molar-refractivity contribution < 1.29 is 24.2 Å². The number of ether oxygens (including phenoxy) is 2. The highest BCUT2D eigenvalue weighted by Gasteiger charge is 2.37. The van der Waals surface area contributed by atoms with Crippen LogP contribution in [-0.4, -0.2) is 42.8 Å². The van der Waals surface area contributed by atoms with Crippen LogP contribution in [0.4, 0.5) is 0 Å². The van der Waals surface area contributed by atoms with E-state index in [0.29, 0.717) is 32.5 Å². The molecule has 0 spiro atoms. The van der Waals surface area contributed by atoms with Gasteiger partial charge in [-0.2, -0.15) is 0 Å². The van der Waals surface area contributed by atoms with Gasteiger partial charge in [0.05, 0.1) is 19.1 Å². The van der Waals surface area contributed by atoms with Crippen LogP contribution in [0.15, 0.2) is 24.3 Å². The second-order valence-corrected chi connectivity index (χ2v) is 6.41. The van der Waals surface area contributed by atoms with Crippen LogP contribution in [0.1, 0.15) is 31.7 Å². The standard InChI is InChI=1S/C18H25NO5/c1-13(11-14-3-5-15(23-2)6-4-14)17(22)19-18(12-16(20)21)7-9-24-10-8-18/h3-6,13H,7-12H2,1-2H3,(H,19,22)(H,20,21). The minimum Gasteiger partial charge on any atom is -0.497 e. The van der Waals surface area contributed by atoms with Gasteiger partial charge in [0.1, 0.15) is 5.75 Å². The van der Waals surface area contributed by atoms with Crippen LogP contribution in [0.5, 0.6) is 5.75 Å². The number of hydrogen-bond donors (Lipinski definition) is 2. The van der Waals surface area contributed by atoms with Crippen LogP contribution in [0.3, 0.4) is 0 Å². The van der Waals surface area contributed by atoms with Crippen molar-refractivity contribution in [2.45, 2.75) is 38.1 Å². The zero-order valence-corrected chi connectivity index (χ0v) is 14.2. The van der Waals surface area contributed by atoms with E-state index in [2.05, 4.69) is 5.32 Å². The maximum Gasteiger partial charge on any atom is 0.305 e. The topological polar surface area (TPSA) is 84.9 Å². The average Bonchev–Trinajstić information content (AvgIpc) is 2.55.